The molecule has 0 amide bonds. The average molecular weight is 582 g/mol. The third-order valence-electron chi connectivity index (χ3n) is 9.74. The molecule has 0 saturated heterocycles. The van der Waals surface area contributed by atoms with E-state index in [1.165, 1.54) is 102 Å². The molecule has 0 spiro atoms. The topological polar surface area (TPSA) is 14.8 Å². The Morgan fingerprint density at radius 1 is 0.378 bits per heavy atom. The van der Waals surface area contributed by atoms with Gasteiger partial charge in [0.15, 0.2) is 0 Å². The highest BCUT2D eigenvalue weighted by atomic mass is 15.0. The van der Waals surface area contributed by atoms with Crippen LogP contribution in [0.1, 0.15) is 32.6 Å². The molecular formula is C42H35N3. The Balaban J connectivity index is 1.31. The van der Waals surface area contributed by atoms with Crippen molar-refractivity contribution in [3.63, 3.8) is 0 Å². The number of nitrogens with zero attached hydrogens (tertiary/aromatic N) is 3. The van der Waals surface area contributed by atoms with Crippen LogP contribution in [0.15, 0.2) is 133 Å². The second kappa shape index (κ2) is 10.4. The Hall–Kier alpha value is -5.28. The van der Waals surface area contributed by atoms with E-state index in [-0.39, 0.29) is 0 Å². The number of rotatable bonds is 7. The maximum Gasteiger partial charge on any atom is 0.0541 e. The Bertz CT molecular complexity index is 2260. The maximum absolute atomic E-state index is 2.56. The van der Waals surface area contributed by atoms with Crippen LogP contribution in [-0.2, 0) is 6.54 Å². The lowest BCUT2D eigenvalue weighted by molar-refractivity contribution is 0.602. The van der Waals surface area contributed by atoms with E-state index >= 15 is 0 Å². The number of hydrogen-bond donors (Lipinski definition) is 0. The molecule has 3 aromatic heterocycles. The highest BCUT2D eigenvalue weighted by molar-refractivity contribution is 6.13. The van der Waals surface area contributed by atoms with Gasteiger partial charge in [-0.2, -0.15) is 0 Å². The fourth-order valence-electron chi connectivity index (χ4n) is 7.70. The monoisotopic (exact) mass is 581 g/mol. The van der Waals surface area contributed by atoms with Gasteiger partial charge in [0, 0.05) is 61.3 Å². The zero-order valence-corrected chi connectivity index (χ0v) is 25.6. The molecule has 9 rings (SSSR count). The van der Waals surface area contributed by atoms with Crippen molar-refractivity contribution in [2.75, 3.05) is 0 Å². The predicted molar refractivity (Wildman–Crippen MR) is 192 cm³/mol. The van der Waals surface area contributed by atoms with Crippen LogP contribution in [0.25, 0.3) is 76.8 Å². The van der Waals surface area contributed by atoms with E-state index in [9.17, 15) is 0 Å². The van der Waals surface area contributed by atoms with Gasteiger partial charge in [-0.3, -0.25) is 0 Å². The summed E-state index contributed by atoms with van der Waals surface area (Å²) in [5.41, 5.74) is 9.99. The van der Waals surface area contributed by atoms with E-state index in [4.69, 9.17) is 0 Å². The van der Waals surface area contributed by atoms with Gasteiger partial charge in [-0.15, -0.1) is 0 Å². The summed E-state index contributed by atoms with van der Waals surface area (Å²) < 4.78 is 7.43. The largest absolute Gasteiger partial charge is 0.340 e. The number of hydrogen-bond acceptors (Lipinski definition) is 0. The summed E-state index contributed by atoms with van der Waals surface area (Å²) in [7, 11) is 0. The standard InChI is InChI=1S/C42H35N3/c1-2-3-4-13-26-43-37-24-22-29(44-39-18-9-5-14-31(39)32-15-6-10-19-40(32)44)27-35(37)36-28-30(23-25-38(36)43)45-41-20-11-7-16-33(41)34-17-8-12-21-42(34)45/h5-12,14-25,27-28H,2-4,13,26H2,1H3. The Labute approximate surface area is 262 Å². The van der Waals surface area contributed by atoms with Crippen LogP contribution in [-0.4, -0.2) is 13.7 Å². The van der Waals surface area contributed by atoms with E-state index in [0.29, 0.717) is 0 Å². The quantitative estimate of drug-likeness (QED) is 0.166. The molecule has 3 heteroatoms. The summed E-state index contributed by atoms with van der Waals surface area (Å²) in [5, 5.41) is 7.78. The normalized spacial score (nSPS) is 12.1. The molecule has 45 heavy (non-hydrogen) atoms. The Kier molecular flexibility index (Phi) is 6.05. The molecule has 0 aliphatic heterocycles. The van der Waals surface area contributed by atoms with Gasteiger partial charge in [-0.25, -0.2) is 0 Å². The van der Waals surface area contributed by atoms with E-state index in [1.807, 2.05) is 0 Å². The van der Waals surface area contributed by atoms with E-state index in [0.717, 1.165) is 6.54 Å². The smallest absolute Gasteiger partial charge is 0.0541 e. The molecule has 0 atom stereocenters. The first-order valence-corrected chi connectivity index (χ1v) is 16.3. The van der Waals surface area contributed by atoms with Crippen molar-refractivity contribution in [3.8, 4) is 11.4 Å². The second-order valence-corrected chi connectivity index (χ2v) is 12.4. The summed E-state index contributed by atoms with van der Waals surface area (Å²) in [5.74, 6) is 0. The minimum absolute atomic E-state index is 1.03. The number of aryl methyl sites for hydroxylation is 1. The molecule has 218 valence electrons. The fraction of sp³-hybridized carbons (Fsp3) is 0.143. The molecule has 3 heterocycles. The highest BCUT2D eigenvalue weighted by Crippen LogP contribution is 2.38. The number of unbranched alkanes of at least 4 members (excludes halogenated alkanes) is 3. The minimum atomic E-state index is 1.03. The molecule has 0 bridgehead atoms. The zero-order chi connectivity index (χ0) is 29.9. The molecule has 0 fully saturated rings. The zero-order valence-electron chi connectivity index (χ0n) is 25.6. The molecule has 9 aromatic rings. The van der Waals surface area contributed by atoms with Gasteiger partial charge in [0.05, 0.1) is 22.1 Å². The fourth-order valence-corrected chi connectivity index (χ4v) is 7.70. The highest BCUT2D eigenvalue weighted by Gasteiger charge is 2.17. The summed E-state index contributed by atoms with van der Waals surface area (Å²) >= 11 is 0. The van der Waals surface area contributed by atoms with Crippen LogP contribution in [0.4, 0.5) is 0 Å². The molecule has 6 aromatic carbocycles. The Morgan fingerprint density at radius 3 is 1.18 bits per heavy atom. The van der Waals surface area contributed by atoms with Gasteiger partial charge in [-0.05, 0) is 67.1 Å². The van der Waals surface area contributed by atoms with E-state index in [2.05, 4.69) is 154 Å². The maximum atomic E-state index is 2.56. The summed E-state index contributed by atoms with van der Waals surface area (Å²) in [6, 6.07) is 49.3. The average Bonchev–Trinajstić information content (AvgIpc) is 3.72. The van der Waals surface area contributed by atoms with Crippen LogP contribution >= 0.6 is 0 Å². The van der Waals surface area contributed by atoms with Crippen molar-refractivity contribution in [3.05, 3.63) is 133 Å². The van der Waals surface area contributed by atoms with Gasteiger partial charge in [0.2, 0.25) is 0 Å². The first-order chi connectivity index (χ1) is 22.3. The molecular weight excluding hydrogens is 546 g/mol. The lowest BCUT2D eigenvalue weighted by Gasteiger charge is -2.10. The van der Waals surface area contributed by atoms with Crippen LogP contribution in [0.2, 0.25) is 0 Å². The van der Waals surface area contributed by atoms with E-state index in [1.54, 1.807) is 0 Å². The van der Waals surface area contributed by atoms with Crippen molar-refractivity contribution in [2.45, 2.75) is 39.2 Å². The van der Waals surface area contributed by atoms with Crippen molar-refractivity contribution >= 4 is 65.4 Å². The molecule has 0 N–H and O–H groups in total. The number of para-hydroxylation sites is 4. The number of benzene rings is 6. The molecule has 0 radical (unpaired) electrons. The minimum Gasteiger partial charge on any atom is -0.340 e. The first kappa shape index (κ1) is 26.2. The van der Waals surface area contributed by atoms with Crippen molar-refractivity contribution < 1.29 is 0 Å². The van der Waals surface area contributed by atoms with Gasteiger partial charge in [0.1, 0.15) is 0 Å². The molecule has 0 unspecified atom stereocenters. The molecule has 0 aliphatic rings. The lowest BCUT2D eigenvalue weighted by atomic mass is 10.1. The third-order valence-corrected chi connectivity index (χ3v) is 9.74. The van der Waals surface area contributed by atoms with Crippen LogP contribution in [0, 0.1) is 0 Å². The van der Waals surface area contributed by atoms with Gasteiger partial charge in [-0.1, -0.05) is 99.0 Å². The first-order valence-electron chi connectivity index (χ1n) is 16.3. The summed E-state index contributed by atoms with van der Waals surface area (Å²) in [6.07, 6.45) is 4.98. The van der Waals surface area contributed by atoms with Crippen molar-refractivity contribution in [1.29, 1.82) is 0 Å². The van der Waals surface area contributed by atoms with E-state index < -0.39 is 0 Å². The predicted octanol–water partition coefficient (Wildman–Crippen LogP) is 11.6. The summed E-state index contributed by atoms with van der Waals surface area (Å²) in [6.45, 7) is 3.32. The third kappa shape index (κ3) is 3.97. The number of fused-ring (bicyclic) bond motifs is 9. The van der Waals surface area contributed by atoms with Gasteiger partial charge in [0.25, 0.3) is 0 Å². The van der Waals surface area contributed by atoms with Crippen LogP contribution in [0.3, 0.4) is 0 Å². The second-order valence-electron chi connectivity index (χ2n) is 12.4. The van der Waals surface area contributed by atoms with Crippen molar-refractivity contribution in [2.24, 2.45) is 0 Å². The molecule has 0 saturated carbocycles. The lowest BCUT2D eigenvalue weighted by Crippen LogP contribution is -1.99. The van der Waals surface area contributed by atoms with Gasteiger partial charge >= 0.3 is 0 Å². The molecule has 3 nitrogen and oxygen atoms in total. The van der Waals surface area contributed by atoms with Crippen LogP contribution in [0.5, 0.6) is 0 Å². The van der Waals surface area contributed by atoms with Crippen molar-refractivity contribution in [1.82, 2.24) is 13.7 Å². The number of aromatic nitrogens is 3. The van der Waals surface area contributed by atoms with Crippen LogP contribution < -0.4 is 0 Å². The summed E-state index contributed by atoms with van der Waals surface area (Å²) in [4.78, 5) is 0. The molecule has 0 aliphatic carbocycles. The van der Waals surface area contributed by atoms with Gasteiger partial charge < -0.3 is 13.7 Å². The Morgan fingerprint density at radius 2 is 0.778 bits per heavy atom. The SMILES string of the molecule is CCCCCCn1c2ccc(-n3c4ccccc4c4ccccc43)cc2c2cc(-n3c4ccccc4c4ccccc43)ccc21.